The van der Waals surface area contributed by atoms with Crippen molar-refractivity contribution in [2.24, 2.45) is 0 Å². The fourth-order valence-corrected chi connectivity index (χ4v) is 5.82. The fourth-order valence-electron chi connectivity index (χ4n) is 4.32. The molecule has 0 unspecified atom stereocenters. The Bertz CT molecular complexity index is 764. The first-order chi connectivity index (χ1) is 11.5. The first kappa shape index (κ1) is 16.1. The second-order valence-corrected chi connectivity index (χ2v) is 9.31. The summed E-state index contributed by atoms with van der Waals surface area (Å²) in [6.45, 7) is 0.972. The Balaban J connectivity index is 1.52. The predicted molar refractivity (Wildman–Crippen MR) is 91.2 cm³/mol. The Morgan fingerprint density at radius 2 is 1.67 bits per heavy atom. The Hall–Kier alpha value is -1.40. The molecular weight excluding hydrogens is 324 g/mol. The molecule has 5 nitrogen and oxygen atoms in total. The number of nitrogens with one attached hydrogen (secondary N) is 1. The van der Waals surface area contributed by atoms with Crippen molar-refractivity contribution in [2.75, 3.05) is 13.1 Å². The summed E-state index contributed by atoms with van der Waals surface area (Å²) in [5, 5.41) is 3.06. The average molecular weight is 348 g/mol. The highest BCUT2D eigenvalue weighted by Gasteiger charge is 2.42. The van der Waals surface area contributed by atoms with E-state index >= 15 is 0 Å². The highest BCUT2D eigenvalue weighted by atomic mass is 32.2. The zero-order valence-corrected chi connectivity index (χ0v) is 14.7. The molecule has 2 fully saturated rings. The van der Waals surface area contributed by atoms with Crippen LogP contribution in [-0.2, 0) is 27.7 Å². The van der Waals surface area contributed by atoms with Crippen molar-refractivity contribution < 1.29 is 13.2 Å². The molecular formula is C18H24N2O3S. The number of aryl methyl sites for hydroxylation is 2. The van der Waals surface area contributed by atoms with Gasteiger partial charge in [-0.2, -0.15) is 4.31 Å². The van der Waals surface area contributed by atoms with Crippen molar-refractivity contribution in [3.8, 4) is 0 Å². The molecule has 0 saturated carbocycles. The van der Waals surface area contributed by atoms with Crippen LogP contribution in [-0.4, -0.2) is 37.3 Å². The van der Waals surface area contributed by atoms with Gasteiger partial charge in [0.25, 0.3) is 0 Å². The van der Waals surface area contributed by atoms with Crippen molar-refractivity contribution >= 4 is 15.9 Å². The monoisotopic (exact) mass is 348 g/mol. The molecule has 24 heavy (non-hydrogen) atoms. The van der Waals surface area contributed by atoms with Gasteiger partial charge in [-0.15, -0.1) is 0 Å². The van der Waals surface area contributed by atoms with Crippen LogP contribution in [0.25, 0.3) is 0 Å². The van der Waals surface area contributed by atoms with Crippen LogP contribution >= 0.6 is 0 Å². The molecule has 130 valence electrons. The van der Waals surface area contributed by atoms with Crippen LogP contribution < -0.4 is 5.32 Å². The number of hydrogen-bond acceptors (Lipinski definition) is 3. The van der Waals surface area contributed by atoms with E-state index in [4.69, 9.17) is 0 Å². The van der Waals surface area contributed by atoms with Crippen molar-refractivity contribution in [1.29, 1.82) is 0 Å². The molecule has 0 radical (unpaired) electrons. The number of sulfonamides is 1. The molecule has 2 aliphatic heterocycles. The van der Waals surface area contributed by atoms with Gasteiger partial charge in [-0.05, 0) is 68.2 Å². The molecule has 1 aliphatic carbocycles. The first-order valence-electron chi connectivity index (χ1n) is 8.92. The highest BCUT2D eigenvalue weighted by molar-refractivity contribution is 7.89. The summed E-state index contributed by atoms with van der Waals surface area (Å²) in [6.07, 6.45) is 7.19. The van der Waals surface area contributed by atoms with Crippen LogP contribution in [0.15, 0.2) is 23.1 Å². The lowest BCUT2D eigenvalue weighted by Crippen LogP contribution is -2.52. The molecule has 2 heterocycles. The lowest BCUT2D eigenvalue weighted by Gasteiger charge is -2.38. The lowest BCUT2D eigenvalue weighted by atomic mass is 9.87. The standard InChI is InChI=1S/C18H24N2O3S/c21-17-7-8-18(19-17)9-11-20(12-10-18)24(22,23)16-6-5-14-3-1-2-4-15(14)13-16/h5-6,13H,1-4,7-12H2,(H,19,21). The van der Waals surface area contributed by atoms with Crippen molar-refractivity contribution in [3.05, 3.63) is 29.3 Å². The Morgan fingerprint density at radius 1 is 0.958 bits per heavy atom. The first-order valence-corrected chi connectivity index (χ1v) is 10.4. The molecule has 1 spiro atoms. The van der Waals surface area contributed by atoms with E-state index in [9.17, 15) is 13.2 Å². The second-order valence-electron chi connectivity index (χ2n) is 7.37. The summed E-state index contributed by atoms with van der Waals surface area (Å²) >= 11 is 0. The van der Waals surface area contributed by atoms with Gasteiger partial charge in [-0.1, -0.05) is 6.07 Å². The van der Waals surface area contributed by atoms with Gasteiger partial charge in [-0.25, -0.2) is 8.42 Å². The van der Waals surface area contributed by atoms with E-state index in [1.807, 2.05) is 12.1 Å². The van der Waals surface area contributed by atoms with E-state index < -0.39 is 10.0 Å². The SMILES string of the molecule is O=C1CCC2(CCN(S(=O)(=O)c3ccc4c(c3)CCCC4)CC2)N1. The molecule has 3 aliphatic rings. The van der Waals surface area contributed by atoms with Crippen LogP contribution in [0, 0.1) is 0 Å². The summed E-state index contributed by atoms with van der Waals surface area (Å²) in [6, 6.07) is 5.64. The zero-order chi connectivity index (χ0) is 16.8. The highest BCUT2D eigenvalue weighted by Crippen LogP contribution is 2.34. The summed E-state index contributed by atoms with van der Waals surface area (Å²) in [5.74, 6) is 0.0981. The molecule has 1 aromatic carbocycles. The van der Waals surface area contributed by atoms with E-state index in [1.54, 1.807) is 10.4 Å². The summed E-state index contributed by atoms with van der Waals surface area (Å²) in [5.41, 5.74) is 2.32. The minimum Gasteiger partial charge on any atom is -0.351 e. The fraction of sp³-hybridized carbons (Fsp3) is 0.611. The van der Waals surface area contributed by atoms with Crippen molar-refractivity contribution in [3.63, 3.8) is 0 Å². The predicted octanol–water partition coefficient (Wildman–Crippen LogP) is 2.00. The lowest BCUT2D eigenvalue weighted by molar-refractivity contribution is -0.120. The minimum atomic E-state index is -3.43. The third kappa shape index (κ3) is 2.75. The summed E-state index contributed by atoms with van der Waals surface area (Å²) < 4.78 is 27.5. The van der Waals surface area contributed by atoms with Crippen molar-refractivity contribution in [2.45, 2.75) is 61.8 Å². The number of nitrogens with zero attached hydrogens (tertiary/aromatic N) is 1. The van der Waals surface area contributed by atoms with E-state index in [0.717, 1.165) is 25.7 Å². The molecule has 0 aromatic heterocycles. The molecule has 1 amide bonds. The summed E-state index contributed by atoms with van der Waals surface area (Å²) in [7, 11) is -3.43. The molecule has 1 N–H and O–H groups in total. The number of carbonyl (C=O) groups is 1. The molecule has 0 bridgehead atoms. The maximum Gasteiger partial charge on any atom is 0.243 e. The Labute approximate surface area is 143 Å². The number of hydrogen-bond donors (Lipinski definition) is 1. The maximum atomic E-state index is 13.0. The number of fused-ring (bicyclic) bond motifs is 1. The van der Waals surface area contributed by atoms with Crippen LogP contribution in [0.3, 0.4) is 0 Å². The smallest absolute Gasteiger partial charge is 0.243 e. The van der Waals surface area contributed by atoms with E-state index in [2.05, 4.69) is 5.32 Å². The van der Waals surface area contributed by atoms with Gasteiger partial charge in [0.05, 0.1) is 4.90 Å². The molecule has 4 rings (SSSR count). The Morgan fingerprint density at radius 3 is 2.33 bits per heavy atom. The van der Waals surface area contributed by atoms with Gasteiger partial charge < -0.3 is 5.32 Å². The normalized spacial score (nSPS) is 23.9. The molecule has 0 atom stereocenters. The molecule has 6 heteroatoms. The van der Waals surface area contributed by atoms with Gasteiger partial charge in [0.15, 0.2) is 0 Å². The van der Waals surface area contributed by atoms with E-state index in [0.29, 0.717) is 37.2 Å². The minimum absolute atomic E-state index is 0.0981. The third-order valence-corrected chi connectivity index (χ3v) is 7.77. The number of piperidine rings is 1. The number of amides is 1. The van der Waals surface area contributed by atoms with Gasteiger partial charge >= 0.3 is 0 Å². The van der Waals surface area contributed by atoms with E-state index in [-0.39, 0.29) is 11.4 Å². The van der Waals surface area contributed by atoms with Crippen LogP contribution in [0.1, 0.15) is 49.7 Å². The second kappa shape index (κ2) is 5.85. The van der Waals surface area contributed by atoms with Gasteiger partial charge in [0.1, 0.15) is 0 Å². The molecule has 2 saturated heterocycles. The van der Waals surface area contributed by atoms with Gasteiger partial charge in [-0.3, -0.25) is 4.79 Å². The van der Waals surface area contributed by atoms with Gasteiger partial charge in [0.2, 0.25) is 15.9 Å². The van der Waals surface area contributed by atoms with Crippen LogP contribution in [0.5, 0.6) is 0 Å². The topological polar surface area (TPSA) is 66.5 Å². The van der Waals surface area contributed by atoms with Gasteiger partial charge in [0, 0.05) is 25.0 Å². The number of carbonyl (C=O) groups excluding carboxylic acids is 1. The van der Waals surface area contributed by atoms with Crippen molar-refractivity contribution in [1.82, 2.24) is 9.62 Å². The quantitative estimate of drug-likeness (QED) is 0.889. The summed E-state index contributed by atoms with van der Waals surface area (Å²) in [4.78, 5) is 11.9. The third-order valence-electron chi connectivity index (χ3n) is 5.87. The van der Waals surface area contributed by atoms with Crippen LogP contribution in [0.4, 0.5) is 0 Å². The maximum absolute atomic E-state index is 13.0. The average Bonchev–Trinajstić information content (AvgIpc) is 2.95. The van der Waals surface area contributed by atoms with Crippen LogP contribution in [0.2, 0.25) is 0 Å². The zero-order valence-electron chi connectivity index (χ0n) is 13.9. The number of benzene rings is 1. The largest absolute Gasteiger partial charge is 0.351 e. The van der Waals surface area contributed by atoms with E-state index in [1.165, 1.54) is 17.5 Å². The Kier molecular flexibility index (Phi) is 3.92. The molecule has 1 aromatic rings. The number of rotatable bonds is 2.